The van der Waals surface area contributed by atoms with Gasteiger partial charge in [0.2, 0.25) is 0 Å². The number of hydrogen-bond donors (Lipinski definition) is 2. The Morgan fingerprint density at radius 3 is 2.69 bits per heavy atom. The molecule has 0 radical (unpaired) electrons. The van der Waals surface area contributed by atoms with E-state index in [1.807, 2.05) is 17.2 Å². The summed E-state index contributed by atoms with van der Waals surface area (Å²) in [5.41, 5.74) is 6.25. The van der Waals surface area contributed by atoms with Crippen molar-refractivity contribution in [2.75, 3.05) is 7.11 Å². The van der Waals surface area contributed by atoms with E-state index in [4.69, 9.17) is 10.5 Å². The molecule has 3 N–H and O–H groups in total. The number of rotatable bonds is 2. The molecule has 90 valence electrons. The Bertz CT molecular complexity index is 293. The molecule has 0 aromatic carbocycles. The summed E-state index contributed by atoms with van der Waals surface area (Å²) in [6.07, 6.45) is 9.51. The Labute approximate surface area is 96.4 Å². The van der Waals surface area contributed by atoms with Crippen LogP contribution in [0.3, 0.4) is 0 Å². The fourth-order valence-electron chi connectivity index (χ4n) is 2.49. The highest BCUT2D eigenvalue weighted by Crippen LogP contribution is 2.27. The summed E-state index contributed by atoms with van der Waals surface area (Å²) in [6.45, 7) is 0. The smallest absolute Gasteiger partial charge is 0.167 e. The molecule has 0 bridgehead atoms. The van der Waals surface area contributed by atoms with Gasteiger partial charge < -0.3 is 20.5 Å². The van der Waals surface area contributed by atoms with Crippen LogP contribution in [0.4, 0.5) is 0 Å². The minimum atomic E-state index is -0.658. The highest BCUT2D eigenvalue weighted by Gasteiger charge is 2.29. The van der Waals surface area contributed by atoms with Gasteiger partial charge >= 0.3 is 0 Å². The minimum absolute atomic E-state index is 0.380. The van der Waals surface area contributed by atoms with Crippen LogP contribution in [0.2, 0.25) is 0 Å². The van der Waals surface area contributed by atoms with E-state index >= 15 is 0 Å². The van der Waals surface area contributed by atoms with Gasteiger partial charge in [0.25, 0.3) is 0 Å². The van der Waals surface area contributed by atoms with Gasteiger partial charge in [-0.3, -0.25) is 0 Å². The Morgan fingerprint density at radius 2 is 2.06 bits per heavy atom. The molecule has 1 fully saturated rings. The fourth-order valence-corrected chi connectivity index (χ4v) is 2.49. The van der Waals surface area contributed by atoms with Crippen LogP contribution < -0.4 is 5.73 Å². The number of aliphatic hydroxyl groups is 1. The summed E-state index contributed by atoms with van der Waals surface area (Å²) in [5.74, 6) is 0. The lowest BCUT2D eigenvalue weighted by atomic mass is 9.91. The first kappa shape index (κ1) is 11.5. The lowest BCUT2D eigenvalue weighted by Gasteiger charge is -2.39. The van der Waals surface area contributed by atoms with Crippen LogP contribution in [0.15, 0.2) is 24.0 Å². The number of aliphatic hydroxyl groups excluding tert-OH is 1. The van der Waals surface area contributed by atoms with E-state index in [-0.39, 0.29) is 0 Å². The number of hydrogen-bond acceptors (Lipinski definition) is 4. The molecule has 1 aliphatic heterocycles. The SMILES string of the molecule is COC1CCC(N2C=CC=C(N)C2O)CC1. The van der Waals surface area contributed by atoms with E-state index in [1.165, 1.54) is 0 Å². The van der Waals surface area contributed by atoms with Crippen LogP contribution in [-0.4, -0.2) is 35.5 Å². The summed E-state index contributed by atoms with van der Waals surface area (Å²) >= 11 is 0. The predicted octanol–water partition coefficient (Wildman–Crippen LogP) is 0.934. The van der Waals surface area contributed by atoms with Crippen molar-refractivity contribution in [2.24, 2.45) is 5.73 Å². The number of nitrogens with two attached hydrogens (primary N) is 1. The van der Waals surface area contributed by atoms with Crippen LogP contribution in [0, 0.1) is 0 Å². The molecule has 1 saturated carbocycles. The van der Waals surface area contributed by atoms with Gasteiger partial charge in [-0.2, -0.15) is 0 Å². The molecular formula is C12H20N2O2. The second kappa shape index (κ2) is 4.89. The maximum absolute atomic E-state index is 9.96. The van der Waals surface area contributed by atoms with Gasteiger partial charge in [0.1, 0.15) is 0 Å². The van der Waals surface area contributed by atoms with E-state index < -0.39 is 6.23 Å². The molecule has 16 heavy (non-hydrogen) atoms. The summed E-state index contributed by atoms with van der Waals surface area (Å²) in [7, 11) is 1.77. The Hall–Kier alpha value is -1.00. The van der Waals surface area contributed by atoms with Crippen molar-refractivity contribution in [3.05, 3.63) is 24.0 Å². The van der Waals surface area contributed by atoms with Crippen molar-refractivity contribution in [3.63, 3.8) is 0 Å². The molecule has 0 aromatic rings. The zero-order valence-electron chi connectivity index (χ0n) is 9.67. The largest absolute Gasteiger partial charge is 0.398 e. The third kappa shape index (κ3) is 2.23. The third-order valence-corrected chi connectivity index (χ3v) is 3.53. The summed E-state index contributed by atoms with van der Waals surface area (Å²) in [4.78, 5) is 1.96. The molecule has 1 aliphatic carbocycles. The van der Waals surface area contributed by atoms with E-state index in [1.54, 1.807) is 13.2 Å². The van der Waals surface area contributed by atoms with Crippen molar-refractivity contribution in [1.82, 2.24) is 4.90 Å². The second-order valence-corrected chi connectivity index (χ2v) is 4.50. The summed E-state index contributed by atoms with van der Waals surface area (Å²) in [6, 6.07) is 0.380. The van der Waals surface area contributed by atoms with Crippen LogP contribution >= 0.6 is 0 Å². The van der Waals surface area contributed by atoms with Gasteiger partial charge in [0.05, 0.1) is 11.8 Å². The van der Waals surface area contributed by atoms with Gasteiger partial charge in [-0.25, -0.2) is 0 Å². The minimum Gasteiger partial charge on any atom is -0.398 e. The molecule has 4 heteroatoms. The van der Waals surface area contributed by atoms with Crippen LogP contribution in [0.25, 0.3) is 0 Å². The molecule has 0 saturated heterocycles. The van der Waals surface area contributed by atoms with Crippen molar-refractivity contribution >= 4 is 0 Å². The highest BCUT2D eigenvalue weighted by molar-refractivity contribution is 5.19. The van der Waals surface area contributed by atoms with Gasteiger partial charge in [-0.1, -0.05) is 0 Å². The zero-order chi connectivity index (χ0) is 11.5. The molecule has 2 aliphatic rings. The Kier molecular flexibility index (Phi) is 3.51. The molecule has 0 amide bonds. The number of methoxy groups -OCH3 is 1. The average molecular weight is 224 g/mol. The lowest BCUT2D eigenvalue weighted by molar-refractivity contribution is -0.00341. The summed E-state index contributed by atoms with van der Waals surface area (Å²) in [5, 5.41) is 9.96. The average Bonchev–Trinajstić information content (AvgIpc) is 2.33. The van der Waals surface area contributed by atoms with Crippen LogP contribution in [0.5, 0.6) is 0 Å². The maximum atomic E-state index is 9.96. The summed E-state index contributed by atoms with van der Waals surface area (Å²) < 4.78 is 5.34. The maximum Gasteiger partial charge on any atom is 0.167 e. The van der Waals surface area contributed by atoms with Crippen LogP contribution in [0.1, 0.15) is 25.7 Å². The molecule has 1 atom stereocenters. The first-order valence-corrected chi connectivity index (χ1v) is 5.84. The molecule has 1 unspecified atom stereocenters. The normalized spacial score (nSPS) is 35.0. The first-order chi connectivity index (χ1) is 7.72. The Morgan fingerprint density at radius 1 is 1.38 bits per heavy atom. The second-order valence-electron chi connectivity index (χ2n) is 4.50. The topological polar surface area (TPSA) is 58.7 Å². The molecule has 4 nitrogen and oxygen atoms in total. The van der Waals surface area contributed by atoms with E-state index in [0.29, 0.717) is 17.8 Å². The van der Waals surface area contributed by atoms with Gasteiger partial charge in [-0.15, -0.1) is 0 Å². The highest BCUT2D eigenvalue weighted by atomic mass is 16.5. The van der Waals surface area contributed by atoms with Crippen molar-refractivity contribution in [3.8, 4) is 0 Å². The van der Waals surface area contributed by atoms with Gasteiger partial charge in [-0.05, 0) is 37.8 Å². The number of allylic oxidation sites excluding steroid dienone is 2. The molecule has 2 rings (SSSR count). The van der Waals surface area contributed by atoms with Gasteiger partial charge in [0, 0.05) is 19.4 Å². The van der Waals surface area contributed by atoms with Crippen molar-refractivity contribution < 1.29 is 9.84 Å². The monoisotopic (exact) mass is 224 g/mol. The molecule has 0 aromatic heterocycles. The van der Waals surface area contributed by atoms with E-state index in [0.717, 1.165) is 25.7 Å². The lowest BCUT2D eigenvalue weighted by Crippen LogP contribution is -2.45. The molecule has 1 heterocycles. The van der Waals surface area contributed by atoms with E-state index in [2.05, 4.69) is 0 Å². The predicted molar refractivity (Wildman–Crippen MR) is 62.3 cm³/mol. The van der Waals surface area contributed by atoms with Crippen LogP contribution in [-0.2, 0) is 4.74 Å². The molecule has 0 spiro atoms. The quantitative estimate of drug-likeness (QED) is 0.732. The van der Waals surface area contributed by atoms with Crippen molar-refractivity contribution in [1.29, 1.82) is 0 Å². The standard InChI is InChI=1S/C12H20N2O2/c1-16-10-6-4-9(5-7-10)14-8-2-3-11(13)12(14)15/h2-3,8-10,12,15H,4-7,13H2,1H3. The van der Waals surface area contributed by atoms with Crippen molar-refractivity contribution in [2.45, 2.75) is 44.1 Å². The zero-order valence-corrected chi connectivity index (χ0v) is 9.67. The fraction of sp³-hybridized carbons (Fsp3) is 0.667. The first-order valence-electron chi connectivity index (χ1n) is 5.84. The third-order valence-electron chi connectivity index (χ3n) is 3.53. The Balaban J connectivity index is 1.94. The number of nitrogens with zero attached hydrogens (tertiary/aromatic N) is 1. The number of ether oxygens (including phenoxy) is 1. The van der Waals surface area contributed by atoms with E-state index in [9.17, 15) is 5.11 Å². The molecular weight excluding hydrogens is 204 g/mol. The van der Waals surface area contributed by atoms with Gasteiger partial charge in [0.15, 0.2) is 6.23 Å².